The summed E-state index contributed by atoms with van der Waals surface area (Å²) in [6.45, 7) is 2.52. The molecule has 0 unspecified atom stereocenters. The fourth-order valence-electron chi connectivity index (χ4n) is 5.78. The summed E-state index contributed by atoms with van der Waals surface area (Å²) in [7, 11) is 1.67. The van der Waals surface area contributed by atoms with Crippen molar-refractivity contribution in [2.45, 2.75) is 37.4 Å². The number of ether oxygens (including phenoxy) is 1. The zero-order chi connectivity index (χ0) is 20.0. The van der Waals surface area contributed by atoms with Gasteiger partial charge in [0.1, 0.15) is 11.3 Å². The van der Waals surface area contributed by atoms with Gasteiger partial charge in [0.05, 0.1) is 7.11 Å². The van der Waals surface area contributed by atoms with E-state index in [1.165, 1.54) is 5.56 Å². The molecule has 5 rings (SSSR count). The van der Waals surface area contributed by atoms with Crippen molar-refractivity contribution in [3.8, 4) is 18.1 Å². The molecule has 29 heavy (non-hydrogen) atoms. The highest BCUT2D eigenvalue weighted by Crippen LogP contribution is 2.56. The Hall–Kier alpha value is -2.77. The van der Waals surface area contributed by atoms with Crippen LogP contribution in [-0.4, -0.2) is 41.4 Å². The fourth-order valence-corrected chi connectivity index (χ4v) is 5.78. The van der Waals surface area contributed by atoms with E-state index in [-0.39, 0.29) is 5.54 Å². The first-order valence-corrected chi connectivity index (χ1v) is 10.4. The van der Waals surface area contributed by atoms with Crippen LogP contribution in [0.5, 0.6) is 5.75 Å². The van der Waals surface area contributed by atoms with E-state index in [0.29, 0.717) is 24.4 Å². The van der Waals surface area contributed by atoms with E-state index >= 15 is 0 Å². The third-order valence-corrected chi connectivity index (χ3v) is 7.12. The van der Waals surface area contributed by atoms with Crippen molar-refractivity contribution in [2.75, 3.05) is 20.2 Å². The SMILES string of the molecule is C#Cc1ccc([C@@H]2C[C@H]3CN(Cc4ccc(OC)cc4)C(=O)[C@]34CCCN24)cc1. The van der Waals surface area contributed by atoms with E-state index in [2.05, 4.69) is 40.0 Å². The number of terminal acetylenes is 1. The van der Waals surface area contributed by atoms with E-state index in [1.54, 1.807) is 7.11 Å². The second kappa shape index (κ2) is 6.93. The maximum atomic E-state index is 13.6. The summed E-state index contributed by atoms with van der Waals surface area (Å²) in [4.78, 5) is 18.2. The monoisotopic (exact) mass is 386 g/mol. The van der Waals surface area contributed by atoms with Gasteiger partial charge in [-0.05, 0) is 61.2 Å². The zero-order valence-corrected chi connectivity index (χ0v) is 16.8. The van der Waals surface area contributed by atoms with Crippen LogP contribution in [0.15, 0.2) is 48.5 Å². The third kappa shape index (κ3) is 2.76. The number of benzene rings is 2. The Morgan fingerprint density at radius 2 is 1.93 bits per heavy atom. The number of nitrogens with zero attached hydrogens (tertiary/aromatic N) is 2. The number of likely N-dealkylation sites (tertiary alicyclic amines) is 1. The summed E-state index contributed by atoms with van der Waals surface area (Å²) in [6, 6.07) is 16.7. The van der Waals surface area contributed by atoms with Gasteiger partial charge in [0.2, 0.25) is 5.91 Å². The summed E-state index contributed by atoms with van der Waals surface area (Å²) in [5.41, 5.74) is 3.04. The van der Waals surface area contributed by atoms with Crippen molar-refractivity contribution in [2.24, 2.45) is 5.92 Å². The van der Waals surface area contributed by atoms with Crippen LogP contribution < -0.4 is 4.74 Å². The quantitative estimate of drug-likeness (QED) is 0.753. The molecule has 1 amide bonds. The molecule has 3 saturated heterocycles. The Kier molecular flexibility index (Phi) is 4.37. The third-order valence-electron chi connectivity index (χ3n) is 7.12. The smallest absolute Gasteiger partial charge is 0.243 e. The normalized spacial score (nSPS) is 28.3. The van der Waals surface area contributed by atoms with E-state index < -0.39 is 0 Å². The van der Waals surface area contributed by atoms with Gasteiger partial charge in [-0.2, -0.15) is 0 Å². The van der Waals surface area contributed by atoms with Crippen LogP contribution in [0.3, 0.4) is 0 Å². The van der Waals surface area contributed by atoms with Gasteiger partial charge in [0.15, 0.2) is 0 Å². The van der Waals surface area contributed by atoms with Crippen molar-refractivity contribution in [3.63, 3.8) is 0 Å². The van der Waals surface area contributed by atoms with Gasteiger partial charge in [-0.1, -0.05) is 30.2 Å². The molecule has 0 saturated carbocycles. The molecular weight excluding hydrogens is 360 g/mol. The predicted octanol–water partition coefficient (Wildman–Crippen LogP) is 3.61. The minimum absolute atomic E-state index is 0.304. The Labute approximate surface area is 172 Å². The van der Waals surface area contributed by atoms with Crippen molar-refractivity contribution < 1.29 is 9.53 Å². The average Bonchev–Trinajstić information content (AvgIpc) is 3.39. The summed E-state index contributed by atoms with van der Waals surface area (Å²) in [5.74, 6) is 4.25. The zero-order valence-electron chi connectivity index (χ0n) is 16.8. The molecule has 3 atom stereocenters. The molecule has 3 fully saturated rings. The topological polar surface area (TPSA) is 32.8 Å². The molecule has 0 bridgehead atoms. The Morgan fingerprint density at radius 3 is 2.62 bits per heavy atom. The lowest BCUT2D eigenvalue weighted by atomic mass is 9.85. The summed E-state index contributed by atoms with van der Waals surface area (Å²) >= 11 is 0. The molecule has 4 heteroatoms. The first-order chi connectivity index (χ1) is 14.2. The predicted molar refractivity (Wildman–Crippen MR) is 112 cm³/mol. The molecule has 0 aliphatic carbocycles. The summed E-state index contributed by atoms with van der Waals surface area (Å²) < 4.78 is 5.25. The molecule has 3 aliphatic heterocycles. The molecule has 2 aromatic rings. The summed E-state index contributed by atoms with van der Waals surface area (Å²) in [6.07, 6.45) is 8.63. The number of hydrogen-bond acceptors (Lipinski definition) is 3. The standard InChI is InChI=1S/C25H26N2O2/c1-3-18-5-9-20(10-6-18)23-15-21-17-26(16-19-7-11-22(29-2)12-8-19)24(28)25(21)13-4-14-27(23)25/h1,5-12,21,23H,4,13-17H2,2H3/t21-,23-,25-/m0/s1. The van der Waals surface area contributed by atoms with Gasteiger partial charge in [-0.25, -0.2) is 0 Å². The van der Waals surface area contributed by atoms with E-state index in [1.807, 2.05) is 24.3 Å². The van der Waals surface area contributed by atoms with Crippen LogP contribution in [0.2, 0.25) is 0 Å². The molecule has 0 N–H and O–H groups in total. The molecule has 3 aliphatic rings. The van der Waals surface area contributed by atoms with E-state index in [4.69, 9.17) is 11.2 Å². The van der Waals surface area contributed by atoms with E-state index in [0.717, 1.165) is 49.2 Å². The van der Waals surface area contributed by atoms with Crippen molar-refractivity contribution in [1.82, 2.24) is 9.80 Å². The molecule has 3 heterocycles. The lowest BCUT2D eigenvalue weighted by Gasteiger charge is -2.33. The first-order valence-electron chi connectivity index (χ1n) is 10.4. The number of amides is 1. The largest absolute Gasteiger partial charge is 0.497 e. The van der Waals surface area contributed by atoms with Gasteiger partial charge in [-0.15, -0.1) is 6.42 Å². The second-order valence-corrected chi connectivity index (χ2v) is 8.47. The number of methoxy groups -OCH3 is 1. The molecule has 0 aromatic heterocycles. The van der Waals surface area contributed by atoms with Crippen LogP contribution in [-0.2, 0) is 11.3 Å². The maximum absolute atomic E-state index is 13.6. The second-order valence-electron chi connectivity index (χ2n) is 8.47. The van der Waals surface area contributed by atoms with Crippen molar-refractivity contribution in [1.29, 1.82) is 0 Å². The molecular formula is C25H26N2O2. The van der Waals surface area contributed by atoms with Crippen LogP contribution in [0.4, 0.5) is 0 Å². The molecule has 2 aromatic carbocycles. The summed E-state index contributed by atoms with van der Waals surface area (Å²) in [5, 5.41) is 0. The van der Waals surface area contributed by atoms with Crippen molar-refractivity contribution >= 4 is 5.91 Å². The van der Waals surface area contributed by atoms with Gasteiger partial charge in [0.25, 0.3) is 0 Å². The lowest BCUT2D eigenvalue weighted by Crippen LogP contribution is -2.49. The number of rotatable bonds is 4. The highest BCUT2D eigenvalue weighted by atomic mass is 16.5. The Morgan fingerprint density at radius 1 is 1.17 bits per heavy atom. The van der Waals surface area contributed by atoms with Crippen LogP contribution in [0.1, 0.15) is 42.0 Å². The highest BCUT2D eigenvalue weighted by molar-refractivity contribution is 5.90. The molecule has 4 nitrogen and oxygen atoms in total. The number of carbonyl (C=O) groups is 1. The van der Waals surface area contributed by atoms with Gasteiger partial charge < -0.3 is 9.64 Å². The number of carbonyl (C=O) groups excluding carboxylic acids is 1. The Balaban J connectivity index is 1.38. The van der Waals surface area contributed by atoms with Gasteiger partial charge >= 0.3 is 0 Å². The van der Waals surface area contributed by atoms with Gasteiger partial charge in [-0.3, -0.25) is 9.69 Å². The van der Waals surface area contributed by atoms with Crippen LogP contribution >= 0.6 is 0 Å². The van der Waals surface area contributed by atoms with Crippen LogP contribution in [0.25, 0.3) is 0 Å². The number of hydrogen-bond donors (Lipinski definition) is 0. The fraction of sp³-hybridized carbons (Fsp3) is 0.400. The highest BCUT2D eigenvalue weighted by Gasteiger charge is 2.64. The van der Waals surface area contributed by atoms with Crippen molar-refractivity contribution in [3.05, 3.63) is 65.2 Å². The van der Waals surface area contributed by atoms with Crippen LogP contribution in [0, 0.1) is 18.3 Å². The molecule has 148 valence electrons. The first kappa shape index (κ1) is 18.3. The minimum Gasteiger partial charge on any atom is -0.497 e. The maximum Gasteiger partial charge on any atom is 0.243 e. The Bertz CT molecular complexity index is 960. The average molecular weight is 386 g/mol. The molecule has 0 radical (unpaired) electrons. The van der Waals surface area contributed by atoms with E-state index in [9.17, 15) is 4.79 Å². The molecule has 1 spiro atoms. The van der Waals surface area contributed by atoms with Gasteiger partial charge in [0, 0.05) is 30.6 Å². The lowest BCUT2D eigenvalue weighted by molar-refractivity contribution is -0.137. The minimum atomic E-state index is -0.304.